The molecule has 2 amide bonds. The van der Waals surface area contributed by atoms with E-state index >= 15 is 0 Å². The van der Waals surface area contributed by atoms with Crippen molar-refractivity contribution in [3.05, 3.63) is 83.2 Å². The maximum Gasteiger partial charge on any atom is 0.424 e. The van der Waals surface area contributed by atoms with Crippen LogP contribution in [0.2, 0.25) is 0 Å². The second kappa shape index (κ2) is 9.30. The molecule has 1 aliphatic rings. The highest BCUT2D eigenvalue weighted by Crippen LogP contribution is 2.47. The van der Waals surface area contributed by atoms with Crippen LogP contribution in [0.15, 0.2) is 54.9 Å². The highest BCUT2D eigenvalue weighted by Gasteiger charge is 2.57. The molecule has 0 bridgehead atoms. The molecule has 0 aliphatic carbocycles. The van der Waals surface area contributed by atoms with Crippen LogP contribution in [0.25, 0.3) is 16.9 Å². The minimum atomic E-state index is -5.32. The molecule has 0 fully saturated rings. The summed E-state index contributed by atoms with van der Waals surface area (Å²) >= 11 is 0. The standard InChI is InChI=1S/C27H23F4N5O4/c1-14-10-36-11-16(5-8-20(36)34-14)23(37)33-12-26(39,27(29,30)31)19-9-18-22(40-13-25(18,2)24(32)38)21(35-19)15-3-6-17(28)7-4-15/h3-11,39H,12-13H2,1-2H3,(H2,32,38)(H,33,37)/t25-,26?/m0/s1. The Kier molecular flexibility index (Phi) is 6.29. The number of carbonyl (C=O) groups excluding carboxylic acids is 2. The minimum Gasteiger partial charge on any atom is -0.489 e. The Bertz CT molecular complexity index is 1650. The van der Waals surface area contributed by atoms with Crippen molar-refractivity contribution in [3.8, 4) is 17.0 Å². The minimum absolute atomic E-state index is 0.0193. The van der Waals surface area contributed by atoms with Gasteiger partial charge in [0.2, 0.25) is 11.5 Å². The fourth-order valence-electron chi connectivity index (χ4n) is 4.50. The van der Waals surface area contributed by atoms with Gasteiger partial charge in [-0.05, 0) is 56.3 Å². The van der Waals surface area contributed by atoms with Gasteiger partial charge in [-0.3, -0.25) is 9.59 Å². The molecule has 0 saturated heterocycles. The SMILES string of the molecule is Cc1cn2cc(C(=O)NCC(O)(c3cc4c(c(-c5ccc(F)cc5)n3)OC[C@]4(C)C(N)=O)C(F)(F)F)ccc2n1. The number of nitrogens with two attached hydrogens (primary N) is 1. The second-order valence-corrected chi connectivity index (χ2v) is 9.83. The lowest BCUT2D eigenvalue weighted by Crippen LogP contribution is -2.51. The molecule has 1 aromatic carbocycles. The first-order chi connectivity index (χ1) is 18.7. The number of alkyl halides is 3. The van der Waals surface area contributed by atoms with Gasteiger partial charge in [0.1, 0.15) is 34.9 Å². The number of hydrogen-bond donors (Lipinski definition) is 3. The zero-order valence-electron chi connectivity index (χ0n) is 21.2. The largest absolute Gasteiger partial charge is 0.489 e. The van der Waals surface area contributed by atoms with E-state index in [-0.39, 0.29) is 34.7 Å². The first kappa shape index (κ1) is 27.1. The molecule has 208 valence electrons. The van der Waals surface area contributed by atoms with Crippen molar-refractivity contribution in [2.24, 2.45) is 5.73 Å². The first-order valence-electron chi connectivity index (χ1n) is 12.0. The van der Waals surface area contributed by atoms with E-state index in [9.17, 15) is 32.3 Å². The van der Waals surface area contributed by atoms with Crippen molar-refractivity contribution in [2.45, 2.75) is 31.0 Å². The van der Waals surface area contributed by atoms with E-state index in [1.54, 1.807) is 17.5 Å². The number of pyridine rings is 2. The smallest absolute Gasteiger partial charge is 0.424 e. The van der Waals surface area contributed by atoms with E-state index in [1.165, 1.54) is 37.4 Å². The summed E-state index contributed by atoms with van der Waals surface area (Å²) in [7, 11) is 0. The Morgan fingerprint density at radius 3 is 2.50 bits per heavy atom. The van der Waals surface area contributed by atoms with Crippen LogP contribution in [-0.2, 0) is 15.8 Å². The van der Waals surface area contributed by atoms with Gasteiger partial charge in [-0.15, -0.1) is 0 Å². The topological polar surface area (TPSA) is 132 Å². The Hall–Kier alpha value is -4.52. The summed E-state index contributed by atoms with van der Waals surface area (Å²) < 4.78 is 64.3. The Morgan fingerprint density at radius 2 is 1.85 bits per heavy atom. The number of aromatic nitrogens is 3. The predicted octanol–water partition coefficient (Wildman–Crippen LogP) is 3.16. The van der Waals surface area contributed by atoms with Crippen LogP contribution < -0.4 is 15.8 Å². The van der Waals surface area contributed by atoms with E-state index in [0.29, 0.717) is 11.3 Å². The van der Waals surface area contributed by atoms with E-state index in [4.69, 9.17) is 10.5 Å². The van der Waals surface area contributed by atoms with Crippen LogP contribution >= 0.6 is 0 Å². The van der Waals surface area contributed by atoms with Crippen molar-refractivity contribution >= 4 is 17.5 Å². The average molecular weight is 558 g/mol. The van der Waals surface area contributed by atoms with Crippen molar-refractivity contribution in [2.75, 3.05) is 13.2 Å². The zero-order chi connectivity index (χ0) is 29.0. The lowest BCUT2D eigenvalue weighted by Gasteiger charge is -2.31. The van der Waals surface area contributed by atoms with Gasteiger partial charge >= 0.3 is 6.18 Å². The van der Waals surface area contributed by atoms with Crippen LogP contribution in [0.3, 0.4) is 0 Å². The highest BCUT2D eigenvalue weighted by atomic mass is 19.4. The number of primary amides is 1. The molecule has 0 saturated carbocycles. The van der Waals surface area contributed by atoms with E-state index < -0.39 is 47.1 Å². The molecule has 4 heterocycles. The third-order valence-corrected chi connectivity index (χ3v) is 6.97. The van der Waals surface area contributed by atoms with Crippen LogP contribution in [0, 0.1) is 12.7 Å². The molecule has 9 nitrogen and oxygen atoms in total. The van der Waals surface area contributed by atoms with E-state index in [1.807, 2.05) is 0 Å². The third kappa shape index (κ3) is 4.41. The Morgan fingerprint density at radius 1 is 1.15 bits per heavy atom. The summed E-state index contributed by atoms with van der Waals surface area (Å²) in [6.07, 6.45) is -2.29. The normalized spacial score (nSPS) is 18.2. The number of benzene rings is 1. The number of amides is 2. The molecule has 4 N–H and O–H groups in total. The fraction of sp³-hybridized carbons (Fsp3) is 0.259. The first-order valence-corrected chi connectivity index (χ1v) is 12.0. The zero-order valence-corrected chi connectivity index (χ0v) is 21.2. The molecule has 1 aliphatic heterocycles. The molecule has 4 aromatic rings. The van der Waals surface area contributed by atoms with Gasteiger partial charge in [-0.2, -0.15) is 13.2 Å². The molecular weight excluding hydrogens is 534 g/mol. The predicted molar refractivity (Wildman–Crippen MR) is 134 cm³/mol. The van der Waals surface area contributed by atoms with Gasteiger partial charge in [0.15, 0.2) is 0 Å². The molecule has 13 heteroatoms. The van der Waals surface area contributed by atoms with Gasteiger partial charge in [0.25, 0.3) is 5.91 Å². The molecule has 0 spiro atoms. The van der Waals surface area contributed by atoms with Crippen molar-refractivity contribution in [1.29, 1.82) is 0 Å². The van der Waals surface area contributed by atoms with Crippen LogP contribution in [-0.4, -0.2) is 50.6 Å². The number of rotatable bonds is 6. The summed E-state index contributed by atoms with van der Waals surface area (Å²) in [4.78, 5) is 33.5. The van der Waals surface area contributed by atoms with Gasteiger partial charge in [0, 0.05) is 23.5 Å². The number of halogens is 4. The Labute approximate surface area is 224 Å². The number of fused-ring (bicyclic) bond motifs is 2. The summed E-state index contributed by atoms with van der Waals surface area (Å²) in [6, 6.07) is 8.51. The van der Waals surface area contributed by atoms with Gasteiger partial charge in [-0.25, -0.2) is 14.4 Å². The number of ether oxygens (including phenoxy) is 1. The van der Waals surface area contributed by atoms with Gasteiger partial charge < -0.3 is 25.3 Å². The summed E-state index contributed by atoms with van der Waals surface area (Å²) in [5.41, 5.74) is 0.649. The van der Waals surface area contributed by atoms with E-state index in [2.05, 4.69) is 15.3 Å². The monoisotopic (exact) mass is 557 g/mol. The number of carbonyl (C=O) groups is 2. The third-order valence-electron chi connectivity index (χ3n) is 6.97. The van der Waals surface area contributed by atoms with Gasteiger partial charge in [0.05, 0.1) is 23.5 Å². The van der Waals surface area contributed by atoms with Crippen molar-refractivity contribution < 1.29 is 37.0 Å². The number of aliphatic hydroxyl groups is 1. The quantitative estimate of drug-likeness (QED) is 0.312. The number of nitrogens with zero attached hydrogens (tertiary/aromatic N) is 3. The summed E-state index contributed by atoms with van der Waals surface area (Å²) in [6.45, 7) is 1.55. The van der Waals surface area contributed by atoms with Crippen LogP contribution in [0.4, 0.5) is 17.6 Å². The van der Waals surface area contributed by atoms with Crippen molar-refractivity contribution in [3.63, 3.8) is 0 Å². The lowest BCUT2D eigenvalue weighted by atomic mass is 9.81. The lowest BCUT2D eigenvalue weighted by molar-refractivity contribution is -0.265. The molecule has 5 rings (SSSR count). The number of aryl methyl sites for hydroxylation is 1. The maximum absolute atomic E-state index is 14.5. The summed E-state index contributed by atoms with van der Waals surface area (Å²) in [5.74, 6) is -2.38. The summed E-state index contributed by atoms with van der Waals surface area (Å²) in [5, 5.41) is 13.2. The molecule has 40 heavy (non-hydrogen) atoms. The average Bonchev–Trinajstić information content (AvgIpc) is 3.45. The van der Waals surface area contributed by atoms with Crippen LogP contribution in [0.1, 0.15) is 34.2 Å². The number of nitrogens with one attached hydrogen (secondary N) is 1. The molecule has 2 atom stereocenters. The molecule has 3 aromatic heterocycles. The fourth-order valence-corrected chi connectivity index (χ4v) is 4.50. The van der Waals surface area contributed by atoms with E-state index in [0.717, 1.165) is 18.2 Å². The molecular formula is C27H23F4N5O4. The number of hydrogen-bond acceptors (Lipinski definition) is 6. The Balaban J connectivity index is 1.58. The second-order valence-electron chi connectivity index (χ2n) is 9.83. The highest BCUT2D eigenvalue weighted by molar-refractivity contribution is 5.94. The number of imidazole rings is 1. The van der Waals surface area contributed by atoms with Crippen molar-refractivity contribution in [1.82, 2.24) is 19.7 Å². The maximum atomic E-state index is 14.5. The molecule has 0 radical (unpaired) electrons. The molecule has 1 unspecified atom stereocenters. The van der Waals surface area contributed by atoms with Crippen LogP contribution in [0.5, 0.6) is 5.75 Å². The van der Waals surface area contributed by atoms with Gasteiger partial charge in [-0.1, -0.05) is 0 Å².